The number of benzene rings is 1. The monoisotopic (exact) mass is 303 g/mol. The van der Waals surface area contributed by atoms with Crippen molar-refractivity contribution in [2.75, 3.05) is 12.8 Å². The molecule has 21 heavy (non-hydrogen) atoms. The van der Waals surface area contributed by atoms with Crippen LogP contribution in [0.1, 0.15) is 17.4 Å². The van der Waals surface area contributed by atoms with Crippen LogP contribution >= 0.6 is 11.3 Å². The van der Waals surface area contributed by atoms with Crippen LogP contribution in [-0.2, 0) is 6.42 Å². The number of methoxy groups -OCH3 is 1. The maximum Gasteiger partial charge on any atom is 0.311 e. The van der Waals surface area contributed by atoms with Gasteiger partial charge in [-0.25, -0.2) is 0 Å². The van der Waals surface area contributed by atoms with E-state index in [2.05, 4.69) is 6.07 Å². The third-order valence-electron chi connectivity index (χ3n) is 3.14. The first-order valence-electron chi connectivity index (χ1n) is 6.17. The largest absolute Gasteiger partial charge is 0.490 e. The lowest BCUT2D eigenvalue weighted by atomic mass is 10.1. The fourth-order valence-electron chi connectivity index (χ4n) is 2.12. The Labute approximate surface area is 125 Å². The highest BCUT2D eigenvalue weighted by Gasteiger charge is 2.20. The third kappa shape index (κ3) is 2.53. The van der Waals surface area contributed by atoms with Gasteiger partial charge in [0.05, 0.1) is 17.7 Å². The van der Waals surface area contributed by atoms with Crippen LogP contribution in [0.4, 0.5) is 11.4 Å². The Kier molecular flexibility index (Phi) is 4.10. The summed E-state index contributed by atoms with van der Waals surface area (Å²) in [5.41, 5.74) is 7.80. The molecular formula is C14H13N3O3S. The molecule has 2 N–H and O–H groups in total. The van der Waals surface area contributed by atoms with Crippen molar-refractivity contribution >= 4 is 22.7 Å². The zero-order valence-electron chi connectivity index (χ0n) is 11.5. The van der Waals surface area contributed by atoms with E-state index in [4.69, 9.17) is 15.7 Å². The standard InChI is InChI=1S/C14H13N3O3S/c1-3-9-13(16)12(7-15)21-14(9)8-4-5-11(20-2)10(6-8)17(18)19/h4-6H,3,16H2,1-2H3. The lowest BCUT2D eigenvalue weighted by Crippen LogP contribution is -1.95. The lowest BCUT2D eigenvalue weighted by molar-refractivity contribution is -0.385. The molecule has 0 unspecified atom stereocenters. The molecule has 6 nitrogen and oxygen atoms in total. The minimum atomic E-state index is -0.490. The van der Waals surface area contributed by atoms with Gasteiger partial charge in [-0.1, -0.05) is 6.92 Å². The smallest absolute Gasteiger partial charge is 0.311 e. The molecule has 0 saturated carbocycles. The number of nitriles is 1. The maximum absolute atomic E-state index is 11.1. The van der Waals surface area contributed by atoms with Gasteiger partial charge in [0.1, 0.15) is 10.9 Å². The zero-order valence-corrected chi connectivity index (χ0v) is 12.4. The predicted octanol–water partition coefficient (Wildman–Crippen LogP) is 3.35. The highest BCUT2D eigenvalue weighted by molar-refractivity contribution is 7.16. The summed E-state index contributed by atoms with van der Waals surface area (Å²) in [5.74, 6) is 0.201. The first kappa shape index (κ1) is 14.8. The van der Waals surface area contributed by atoms with E-state index in [0.717, 1.165) is 10.4 Å². The Balaban J connectivity index is 2.65. The molecule has 2 aromatic rings. The molecule has 0 fully saturated rings. The van der Waals surface area contributed by atoms with Crippen molar-refractivity contribution in [2.24, 2.45) is 0 Å². The summed E-state index contributed by atoms with van der Waals surface area (Å²) in [6.45, 7) is 1.93. The molecule has 0 amide bonds. The van der Waals surface area contributed by atoms with E-state index in [-0.39, 0.29) is 11.4 Å². The van der Waals surface area contributed by atoms with Gasteiger partial charge >= 0.3 is 5.69 Å². The van der Waals surface area contributed by atoms with Crippen LogP contribution in [0.2, 0.25) is 0 Å². The number of nitrogens with zero attached hydrogens (tertiary/aromatic N) is 2. The van der Waals surface area contributed by atoms with Gasteiger partial charge in [-0.05, 0) is 29.7 Å². The van der Waals surface area contributed by atoms with Crippen LogP contribution in [-0.4, -0.2) is 12.0 Å². The van der Waals surface area contributed by atoms with Gasteiger partial charge in [-0.3, -0.25) is 10.1 Å². The van der Waals surface area contributed by atoms with Crippen molar-refractivity contribution in [1.82, 2.24) is 0 Å². The second kappa shape index (κ2) is 5.81. The number of nitrogens with two attached hydrogens (primary N) is 1. The molecule has 0 aliphatic carbocycles. The molecular weight excluding hydrogens is 290 g/mol. The Hall–Kier alpha value is -2.59. The summed E-state index contributed by atoms with van der Waals surface area (Å²) in [6.07, 6.45) is 0.652. The van der Waals surface area contributed by atoms with Crippen molar-refractivity contribution < 1.29 is 9.66 Å². The molecule has 0 aliphatic rings. The zero-order chi connectivity index (χ0) is 15.6. The van der Waals surface area contributed by atoms with E-state index < -0.39 is 4.92 Å². The number of hydrogen-bond donors (Lipinski definition) is 1. The number of thiophene rings is 1. The fourth-order valence-corrected chi connectivity index (χ4v) is 3.22. The van der Waals surface area contributed by atoms with Gasteiger partial charge in [-0.2, -0.15) is 5.26 Å². The first-order valence-corrected chi connectivity index (χ1v) is 6.99. The Morgan fingerprint density at radius 1 is 1.52 bits per heavy atom. The van der Waals surface area contributed by atoms with Crippen LogP contribution < -0.4 is 10.5 Å². The molecule has 1 aromatic heterocycles. The molecule has 7 heteroatoms. The maximum atomic E-state index is 11.1. The number of nitro groups is 1. The molecule has 0 aliphatic heterocycles. The van der Waals surface area contributed by atoms with Crippen LogP contribution in [0.15, 0.2) is 18.2 Å². The van der Waals surface area contributed by atoms with E-state index >= 15 is 0 Å². The normalized spacial score (nSPS) is 10.1. The fraction of sp³-hybridized carbons (Fsp3) is 0.214. The summed E-state index contributed by atoms with van der Waals surface area (Å²) in [5, 5.41) is 20.2. The minimum absolute atomic E-state index is 0.109. The Morgan fingerprint density at radius 3 is 2.76 bits per heavy atom. The summed E-state index contributed by atoms with van der Waals surface area (Å²) in [6, 6.07) is 6.79. The van der Waals surface area contributed by atoms with Gasteiger partial charge in [0, 0.05) is 10.9 Å². The molecule has 2 rings (SSSR count). The molecule has 0 saturated heterocycles. The summed E-state index contributed by atoms with van der Waals surface area (Å²) >= 11 is 1.25. The summed E-state index contributed by atoms with van der Waals surface area (Å²) < 4.78 is 4.99. The second-order valence-electron chi connectivity index (χ2n) is 4.26. The minimum Gasteiger partial charge on any atom is -0.490 e. The molecule has 0 atom stereocenters. The van der Waals surface area contributed by atoms with Gasteiger partial charge in [0.25, 0.3) is 0 Å². The Bertz CT molecular complexity index is 747. The number of anilines is 1. The number of rotatable bonds is 4. The summed E-state index contributed by atoms with van der Waals surface area (Å²) in [7, 11) is 1.39. The highest BCUT2D eigenvalue weighted by Crippen LogP contribution is 2.41. The molecule has 0 radical (unpaired) electrons. The molecule has 0 spiro atoms. The van der Waals surface area contributed by atoms with E-state index in [1.54, 1.807) is 12.1 Å². The van der Waals surface area contributed by atoms with Crippen molar-refractivity contribution in [1.29, 1.82) is 5.26 Å². The topological polar surface area (TPSA) is 102 Å². The average molecular weight is 303 g/mol. The van der Waals surface area contributed by atoms with Crippen molar-refractivity contribution in [3.8, 4) is 22.3 Å². The predicted molar refractivity (Wildman–Crippen MR) is 81.5 cm³/mol. The van der Waals surface area contributed by atoms with Crippen molar-refractivity contribution in [2.45, 2.75) is 13.3 Å². The quantitative estimate of drug-likeness (QED) is 0.689. The van der Waals surface area contributed by atoms with E-state index in [9.17, 15) is 10.1 Å². The van der Waals surface area contributed by atoms with Gasteiger partial charge < -0.3 is 10.5 Å². The average Bonchev–Trinajstić information content (AvgIpc) is 2.82. The lowest BCUT2D eigenvalue weighted by Gasteiger charge is -2.05. The van der Waals surface area contributed by atoms with Crippen LogP contribution in [0.5, 0.6) is 5.75 Å². The van der Waals surface area contributed by atoms with Crippen molar-refractivity contribution in [3.63, 3.8) is 0 Å². The number of nitrogen functional groups attached to an aromatic ring is 1. The first-order chi connectivity index (χ1) is 10.0. The van der Waals surface area contributed by atoms with Gasteiger partial charge in [-0.15, -0.1) is 11.3 Å². The van der Waals surface area contributed by atoms with Gasteiger partial charge in [0.2, 0.25) is 0 Å². The van der Waals surface area contributed by atoms with E-state index in [0.29, 0.717) is 22.5 Å². The number of hydrogen-bond acceptors (Lipinski definition) is 6. The molecule has 0 bridgehead atoms. The van der Waals surface area contributed by atoms with Gasteiger partial charge in [0.15, 0.2) is 5.75 Å². The summed E-state index contributed by atoms with van der Waals surface area (Å²) in [4.78, 5) is 11.8. The van der Waals surface area contributed by atoms with E-state index in [1.807, 2.05) is 6.92 Å². The SMILES string of the molecule is CCc1c(-c2ccc(OC)c([N+](=O)[O-])c2)sc(C#N)c1N. The van der Waals surface area contributed by atoms with E-state index in [1.165, 1.54) is 24.5 Å². The van der Waals surface area contributed by atoms with Crippen LogP contribution in [0, 0.1) is 21.4 Å². The number of ether oxygens (including phenoxy) is 1. The van der Waals surface area contributed by atoms with Crippen LogP contribution in [0.3, 0.4) is 0 Å². The second-order valence-corrected chi connectivity index (χ2v) is 5.28. The molecule has 1 heterocycles. The third-order valence-corrected chi connectivity index (χ3v) is 4.34. The molecule has 1 aromatic carbocycles. The highest BCUT2D eigenvalue weighted by atomic mass is 32.1. The number of nitro benzene ring substituents is 1. The van der Waals surface area contributed by atoms with Crippen molar-refractivity contribution in [3.05, 3.63) is 38.8 Å². The molecule has 108 valence electrons. The Morgan fingerprint density at radius 2 is 2.24 bits per heavy atom. The van der Waals surface area contributed by atoms with Crippen LogP contribution in [0.25, 0.3) is 10.4 Å².